The first-order valence-electron chi connectivity index (χ1n) is 10.7. The van der Waals surface area contributed by atoms with Crippen LogP contribution < -0.4 is 15.1 Å². The molecule has 1 fully saturated rings. The van der Waals surface area contributed by atoms with Crippen LogP contribution in [0, 0.1) is 24.6 Å². The minimum Gasteiger partial charge on any atom is -0.335 e. The fraction of sp³-hybridized carbons (Fsp3) is 0.250. The second-order valence-electron chi connectivity index (χ2n) is 8.03. The molecule has 12 heteroatoms. The van der Waals surface area contributed by atoms with Crippen molar-refractivity contribution in [3.63, 3.8) is 0 Å². The van der Waals surface area contributed by atoms with Gasteiger partial charge < -0.3 is 5.32 Å². The number of rotatable bonds is 4. The third-order valence-electron chi connectivity index (χ3n) is 5.36. The predicted octanol–water partition coefficient (Wildman–Crippen LogP) is 3.26. The Kier molecular flexibility index (Phi) is 6.65. The van der Waals surface area contributed by atoms with Gasteiger partial charge in [0.25, 0.3) is 5.91 Å². The highest BCUT2D eigenvalue weighted by Gasteiger charge is 2.41. The number of hydrogen-bond acceptors (Lipinski definition) is 4. The van der Waals surface area contributed by atoms with E-state index in [9.17, 15) is 27.2 Å². The minimum atomic E-state index is -4.67. The highest BCUT2D eigenvalue weighted by atomic mass is 19.4. The van der Waals surface area contributed by atoms with Crippen molar-refractivity contribution in [3.05, 3.63) is 71.4 Å². The third-order valence-corrected chi connectivity index (χ3v) is 5.36. The van der Waals surface area contributed by atoms with Crippen molar-refractivity contribution in [2.24, 2.45) is 7.05 Å². The molecule has 3 heterocycles. The number of halogens is 4. The lowest BCUT2D eigenvalue weighted by Gasteiger charge is -2.28. The molecule has 1 aliphatic rings. The zero-order valence-corrected chi connectivity index (χ0v) is 19.2. The van der Waals surface area contributed by atoms with Gasteiger partial charge in [-0.25, -0.2) is 14.2 Å². The van der Waals surface area contributed by atoms with Gasteiger partial charge >= 0.3 is 12.2 Å². The van der Waals surface area contributed by atoms with Gasteiger partial charge in [-0.2, -0.15) is 18.3 Å². The lowest BCUT2D eigenvalue weighted by molar-refractivity contribution is -0.137. The van der Waals surface area contributed by atoms with Crippen molar-refractivity contribution in [2.75, 3.05) is 22.9 Å². The quantitative estimate of drug-likeness (QED) is 0.441. The molecule has 1 saturated heterocycles. The summed E-state index contributed by atoms with van der Waals surface area (Å²) in [4.78, 5) is 32.4. The van der Waals surface area contributed by atoms with Gasteiger partial charge in [0, 0.05) is 31.2 Å². The Morgan fingerprint density at radius 2 is 1.97 bits per heavy atom. The molecular formula is C24H20F4N6O2. The number of nitrogens with zero attached hydrogens (tertiary/aromatic N) is 5. The van der Waals surface area contributed by atoms with Gasteiger partial charge in [0.15, 0.2) is 0 Å². The molecule has 2 aromatic heterocycles. The summed E-state index contributed by atoms with van der Waals surface area (Å²) in [5.74, 6) is 4.27. The summed E-state index contributed by atoms with van der Waals surface area (Å²) in [7, 11) is 1.72. The monoisotopic (exact) mass is 500 g/mol. The average Bonchev–Trinajstić information content (AvgIpc) is 3.41. The number of amides is 3. The molecule has 4 rings (SSSR count). The predicted molar refractivity (Wildman–Crippen MR) is 122 cm³/mol. The maximum absolute atomic E-state index is 13.6. The van der Waals surface area contributed by atoms with Crippen LogP contribution in [0.4, 0.5) is 33.9 Å². The van der Waals surface area contributed by atoms with Gasteiger partial charge in [0.05, 0.1) is 23.9 Å². The molecule has 0 saturated carbocycles. The number of hydrogen-bond donors (Lipinski definition) is 1. The minimum absolute atomic E-state index is 0.0310. The standard InChI is InChI=1S/C24H20F4N6O2/c1-15-10-17(24(26,27)28)11-21(31-15)34-20(13-29-23(34)36)22(35)33(19-7-5-18(25)6-8-19)9-3-4-16-12-30-32(2)14-16/h5-8,10-12,14,20H,9,13H2,1-2H3,(H,29,36)/t20-/m0/s1. The van der Waals surface area contributed by atoms with E-state index >= 15 is 0 Å². The topological polar surface area (TPSA) is 83.4 Å². The largest absolute Gasteiger partial charge is 0.416 e. The fourth-order valence-corrected chi connectivity index (χ4v) is 3.71. The molecule has 1 N–H and O–H groups in total. The van der Waals surface area contributed by atoms with Crippen LogP contribution >= 0.6 is 0 Å². The lowest BCUT2D eigenvalue weighted by atomic mass is 10.1. The van der Waals surface area contributed by atoms with Gasteiger partial charge in [0.2, 0.25) is 0 Å². The van der Waals surface area contributed by atoms with E-state index in [1.165, 1.54) is 24.0 Å². The van der Waals surface area contributed by atoms with Crippen molar-refractivity contribution in [1.82, 2.24) is 20.1 Å². The first kappa shape index (κ1) is 24.7. The van der Waals surface area contributed by atoms with Crippen LogP contribution in [0.5, 0.6) is 0 Å². The molecule has 186 valence electrons. The number of pyridine rings is 1. The van der Waals surface area contributed by atoms with Crippen LogP contribution in [-0.2, 0) is 18.0 Å². The van der Waals surface area contributed by atoms with Crippen LogP contribution in [0.25, 0.3) is 0 Å². The second kappa shape index (κ2) is 9.69. The summed E-state index contributed by atoms with van der Waals surface area (Å²) in [6, 6.07) is 4.68. The lowest BCUT2D eigenvalue weighted by Crippen LogP contribution is -2.48. The zero-order valence-electron chi connectivity index (χ0n) is 19.2. The molecule has 0 aliphatic carbocycles. The van der Waals surface area contributed by atoms with Crippen molar-refractivity contribution in [1.29, 1.82) is 0 Å². The average molecular weight is 500 g/mol. The molecule has 1 aliphatic heterocycles. The Hall–Kier alpha value is -4.40. The van der Waals surface area contributed by atoms with Crippen LogP contribution in [0.3, 0.4) is 0 Å². The Morgan fingerprint density at radius 1 is 1.25 bits per heavy atom. The van der Waals surface area contributed by atoms with Crippen LogP contribution in [0.1, 0.15) is 16.8 Å². The molecule has 0 spiro atoms. The van der Waals surface area contributed by atoms with E-state index in [-0.39, 0.29) is 24.6 Å². The third kappa shape index (κ3) is 5.30. The number of benzene rings is 1. The Balaban J connectivity index is 1.69. The first-order chi connectivity index (χ1) is 17.0. The van der Waals surface area contributed by atoms with E-state index in [2.05, 4.69) is 27.2 Å². The van der Waals surface area contributed by atoms with Gasteiger partial charge in [-0.15, -0.1) is 0 Å². The van der Waals surface area contributed by atoms with Crippen molar-refractivity contribution < 1.29 is 27.2 Å². The van der Waals surface area contributed by atoms with Crippen LogP contribution in [-0.4, -0.2) is 45.8 Å². The van der Waals surface area contributed by atoms with Gasteiger partial charge in [0.1, 0.15) is 17.7 Å². The molecule has 3 aromatic rings. The molecule has 0 unspecified atom stereocenters. The molecule has 3 amide bonds. The molecular weight excluding hydrogens is 480 g/mol. The summed E-state index contributed by atoms with van der Waals surface area (Å²) >= 11 is 0. The molecule has 0 radical (unpaired) electrons. The SMILES string of the molecule is Cc1cc(C(F)(F)F)cc(N2C(=O)NC[C@H]2C(=O)N(CC#Cc2cnn(C)c2)c2ccc(F)cc2)n1. The Labute approximate surface area is 203 Å². The van der Waals surface area contributed by atoms with E-state index in [1.54, 1.807) is 24.1 Å². The summed E-state index contributed by atoms with van der Waals surface area (Å²) < 4.78 is 55.2. The molecule has 36 heavy (non-hydrogen) atoms. The number of aromatic nitrogens is 3. The molecule has 1 aromatic carbocycles. The number of anilines is 2. The van der Waals surface area contributed by atoms with E-state index in [0.29, 0.717) is 11.3 Å². The highest BCUT2D eigenvalue weighted by molar-refractivity contribution is 6.08. The number of nitrogens with one attached hydrogen (secondary N) is 1. The maximum Gasteiger partial charge on any atom is 0.416 e. The number of alkyl halides is 3. The van der Waals surface area contributed by atoms with Crippen LogP contribution in [0.15, 0.2) is 48.8 Å². The van der Waals surface area contributed by atoms with Crippen molar-refractivity contribution in [3.8, 4) is 11.8 Å². The highest BCUT2D eigenvalue weighted by Crippen LogP contribution is 2.33. The van der Waals surface area contributed by atoms with Gasteiger partial charge in [-0.05, 0) is 43.3 Å². The van der Waals surface area contributed by atoms with E-state index in [0.717, 1.165) is 29.2 Å². The first-order valence-corrected chi connectivity index (χ1v) is 10.7. The summed E-state index contributed by atoms with van der Waals surface area (Å²) in [6.07, 6.45) is -1.44. The van der Waals surface area contributed by atoms with Gasteiger partial charge in [-0.3, -0.25) is 19.3 Å². The van der Waals surface area contributed by atoms with E-state index in [1.807, 2.05) is 0 Å². The summed E-state index contributed by atoms with van der Waals surface area (Å²) in [5, 5.41) is 6.50. The molecule has 0 bridgehead atoms. The number of carbonyl (C=O) groups is 2. The smallest absolute Gasteiger partial charge is 0.335 e. The van der Waals surface area contributed by atoms with Crippen molar-refractivity contribution >= 4 is 23.4 Å². The van der Waals surface area contributed by atoms with E-state index in [4.69, 9.17) is 0 Å². The maximum atomic E-state index is 13.6. The van der Waals surface area contributed by atoms with Crippen LogP contribution in [0.2, 0.25) is 0 Å². The van der Waals surface area contributed by atoms with Gasteiger partial charge in [-0.1, -0.05) is 11.8 Å². The summed E-state index contributed by atoms with van der Waals surface area (Å²) in [6.45, 7) is 1.07. The second-order valence-corrected chi connectivity index (χ2v) is 8.03. The normalized spacial score (nSPS) is 15.3. The summed E-state index contributed by atoms with van der Waals surface area (Å²) in [5.41, 5.74) is -0.0570. The number of aryl methyl sites for hydroxylation is 2. The molecule has 1 atom stereocenters. The van der Waals surface area contributed by atoms with E-state index < -0.39 is 35.5 Å². The number of urea groups is 1. The Bertz CT molecular complexity index is 1360. The number of carbonyl (C=O) groups excluding carboxylic acids is 2. The van der Waals surface area contributed by atoms with Crippen molar-refractivity contribution in [2.45, 2.75) is 19.1 Å². The Morgan fingerprint density at radius 3 is 2.61 bits per heavy atom. The fourth-order valence-electron chi connectivity index (χ4n) is 3.71. The molecule has 8 nitrogen and oxygen atoms in total. The zero-order chi connectivity index (χ0) is 26.0.